The van der Waals surface area contributed by atoms with Crippen LogP contribution in [0.3, 0.4) is 0 Å². The van der Waals surface area contributed by atoms with Crippen molar-refractivity contribution in [1.82, 2.24) is 5.32 Å². The molecule has 0 radical (unpaired) electrons. The van der Waals surface area contributed by atoms with Gasteiger partial charge in [0.15, 0.2) is 0 Å². The number of nitrogens with zero attached hydrogens (tertiary/aromatic N) is 2. The molecule has 0 unspecified atom stereocenters. The van der Waals surface area contributed by atoms with Crippen molar-refractivity contribution in [2.24, 2.45) is 0 Å². The zero-order valence-electron chi connectivity index (χ0n) is 12.8. The number of nitro groups is 1. The highest BCUT2D eigenvalue weighted by Gasteiger charge is 2.40. The highest BCUT2D eigenvalue weighted by Crippen LogP contribution is 2.29. The zero-order valence-corrected chi connectivity index (χ0v) is 12.8. The van der Waals surface area contributed by atoms with Crippen LogP contribution in [0.25, 0.3) is 0 Å². The average Bonchev–Trinajstić information content (AvgIpc) is 2.79. The van der Waals surface area contributed by atoms with Gasteiger partial charge in [-0.1, -0.05) is 0 Å². The first-order chi connectivity index (χ1) is 11.2. The molecule has 7 nitrogen and oxygen atoms in total. The van der Waals surface area contributed by atoms with Crippen molar-refractivity contribution in [2.75, 3.05) is 31.6 Å². The van der Waals surface area contributed by atoms with Crippen LogP contribution in [-0.2, 0) is 4.74 Å². The zero-order chi connectivity index (χ0) is 17.9. The first kappa shape index (κ1) is 18.0. The Morgan fingerprint density at radius 2 is 2.12 bits per heavy atom. The average molecular weight is 347 g/mol. The Morgan fingerprint density at radius 1 is 1.42 bits per heavy atom. The van der Waals surface area contributed by atoms with Gasteiger partial charge >= 0.3 is 12.1 Å². The van der Waals surface area contributed by atoms with E-state index in [1.807, 2.05) is 0 Å². The molecule has 0 bridgehead atoms. The summed E-state index contributed by atoms with van der Waals surface area (Å²) in [4.78, 5) is 23.7. The van der Waals surface area contributed by atoms with Crippen LogP contribution in [0.2, 0.25) is 0 Å². The van der Waals surface area contributed by atoms with Crippen LogP contribution < -0.4 is 10.2 Å². The Labute approximate surface area is 135 Å². The second-order valence-corrected chi connectivity index (χ2v) is 5.27. The lowest BCUT2D eigenvalue weighted by Gasteiger charge is -2.24. The molecule has 24 heavy (non-hydrogen) atoms. The molecule has 0 saturated carbocycles. The summed E-state index contributed by atoms with van der Waals surface area (Å²) in [5.74, 6) is -0.779. The Bertz CT molecular complexity index is 636. The predicted molar refractivity (Wildman–Crippen MR) is 79.1 cm³/mol. The molecular formula is C14H16F3N3O4. The van der Waals surface area contributed by atoms with Gasteiger partial charge in [0.1, 0.15) is 6.04 Å². The molecule has 2 rings (SSSR count). The topological polar surface area (TPSA) is 84.7 Å². The normalized spacial score (nSPS) is 18.8. The summed E-state index contributed by atoms with van der Waals surface area (Å²) in [7, 11) is 1.13. The summed E-state index contributed by atoms with van der Waals surface area (Å²) in [5.41, 5.74) is -0.0190. The van der Waals surface area contributed by atoms with Gasteiger partial charge in [-0.3, -0.25) is 10.1 Å². The van der Waals surface area contributed by atoms with E-state index in [4.69, 9.17) is 0 Å². The van der Waals surface area contributed by atoms with E-state index in [2.05, 4.69) is 10.1 Å². The van der Waals surface area contributed by atoms with E-state index in [1.165, 1.54) is 12.1 Å². The minimum atomic E-state index is -4.35. The highest BCUT2D eigenvalue weighted by molar-refractivity contribution is 5.96. The van der Waals surface area contributed by atoms with Crippen molar-refractivity contribution >= 4 is 17.3 Å². The molecule has 0 amide bonds. The van der Waals surface area contributed by atoms with Crippen LogP contribution in [0.15, 0.2) is 18.2 Å². The van der Waals surface area contributed by atoms with Crippen LogP contribution >= 0.6 is 0 Å². The van der Waals surface area contributed by atoms with Crippen LogP contribution in [0.5, 0.6) is 0 Å². The van der Waals surface area contributed by atoms with Crippen molar-refractivity contribution in [3.05, 3.63) is 33.9 Å². The van der Waals surface area contributed by atoms with Gasteiger partial charge in [-0.15, -0.1) is 0 Å². The number of hydrogen-bond donors (Lipinski definition) is 1. The van der Waals surface area contributed by atoms with E-state index in [0.29, 0.717) is 5.69 Å². The lowest BCUT2D eigenvalue weighted by Crippen LogP contribution is -2.42. The number of hydrogen-bond acceptors (Lipinski definition) is 6. The third kappa shape index (κ3) is 3.94. The molecule has 1 aromatic carbocycles. The highest BCUT2D eigenvalue weighted by atomic mass is 19.4. The smallest absolute Gasteiger partial charge is 0.403 e. The molecule has 1 aliphatic rings. The summed E-state index contributed by atoms with van der Waals surface area (Å²) in [6, 6.07) is 2.02. The largest absolute Gasteiger partial charge is 0.465 e. The first-order valence-corrected chi connectivity index (χ1v) is 7.16. The Morgan fingerprint density at radius 3 is 2.71 bits per heavy atom. The molecule has 1 aromatic rings. The number of esters is 1. The van der Waals surface area contributed by atoms with Crippen LogP contribution in [0, 0.1) is 10.1 Å². The van der Waals surface area contributed by atoms with Gasteiger partial charge < -0.3 is 15.0 Å². The van der Waals surface area contributed by atoms with Crippen molar-refractivity contribution in [3.63, 3.8) is 0 Å². The Kier molecular flexibility index (Phi) is 5.27. The van der Waals surface area contributed by atoms with E-state index in [0.717, 1.165) is 13.2 Å². The van der Waals surface area contributed by atoms with E-state index < -0.39 is 23.1 Å². The van der Waals surface area contributed by atoms with Crippen molar-refractivity contribution < 1.29 is 27.6 Å². The summed E-state index contributed by atoms with van der Waals surface area (Å²) in [6.07, 6.45) is -4.54. The molecule has 1 atom stereocenters. The lowest BCUT2D eigenvalue weighted by atomic mass is 10.1. The third-order valence-electron chi connectivity index (χ3n) is 3.79. The number of methoxy groups -OCH3 is 1. The van der Waals surface area contributed by atoms with Gasteiger partial charge in [-0.05, 0) is 12.5 Å². The van der Waals surface area contributed by atoms with Crippen molar-refractivity contribution in [2.45, 2.75) is 18.6 Å². The van der Waals surface area contributed by atoms with Crippen LogP contribution in [0.1, 0.15) is 16.8 Å². The Hall–Kier alpha value is -2.36. The number of carbonyl (C=O) groups excluding carboxylic acids is 1. The van der Waals surface area contributed by atoms with E-state index in [9.17, 15) is 28.1 Å². The molecule has 0 aliphatic carbocycles. The van der Waals surface area contributed by atoms with Crippen LogP contribution in [-0.4, -0.2) is 49.9 Å². The van der Waals surface area contributed by atoms with Crippen LogP contribution in [0.4, 0.5) is 24.5 Å². The van der Waals surface area contributed by atoms with E-state index >= 15 is 0 Å². The second kappa shape index (κ2) is 7.04. The summed E-state index contributed by atoms with van der Waals surface area (Å²) in [5, 5.41) is 13.3. The molecule has 1 aliphatic heterocycles. The Balaban J connectivity index is 2.30. The summed E-state index contributed by atoms with van der Waals surface area (Å²) >= 11 is 0. The standard InChI is InChI=1S/C14H16F3N3O4/c1-24-13(21)10-8-9(20(22)23)2-3-11(10)19-6-4-12(14(15,16)17)18-5-7-19/h2-3,8,12,18H,4-7H2,1H3/t12-/m1/s1. The number of anilines is 1. The predicted octanol–water partition coefficient (Wildman–Crippen LogP) is 2.11. The van der Waals surface area contributed by atoms with Gasteiger partial charge in [-0.2, -0.15) is 13.2 Å². The maximum atomic E-state index is 12.8. The number of halogens is 3. The number of carbonyl (C=O) groups is 1. The molecule has 1 heterocycles. The van der Waals surface area contributed by atoms with Crippen molar-refractivity contribution in [3.8, 4) is 0 Å². The fourth-order valence-corrected chi connectivity index (χ4v) is 2.58. The minimum absolute atomic E-state index is 0.0443. The number of benzene rings is 1. The minimum Gasteiger partial charge on any atom is -0.465 e. The van der Waals surface area contributed by atoms with Gasteiger partial charge in [0.2, 0.25) is 0 Å². The van der Waals surface area contributed by atoms with Gasteiger partial charge in [0, 0.05) is 31.8 Å². The molecule has 1 fully saturated rings. The molecular weight excluding hydrogens is 331 g/mol. The lowest BCUT2D eigenvalue weighted by molar-refractivity contribution is -0.384. The number of rotatable bonds is 3. The molecule has 10 heteroatoms. The molecule has 132 valence electrons. The summed E-state index contributed by atoms with van der Waals surface area (Å²) in [6.45, 7) is 0.356. The number of non-ortho nitro benzene ring substituents is 1. The summed E-state index contributed by atoms with van der Waals surface area (Å²) < 4.78 is 43.1. The molecule has 1 saturated heterocycles. The SMILES string of the molecule is COC(=O)c1cc([N+](=O)[O-])ccc1N1CCN[C@@H](C(F)(F)F)CC1. The number of alkyl halides is 3. The van der Waals surface area contributed by atoms with Gasteiger partial charge in [0.05, 0.1) is 23.3 Å². The van der Waals surface area contributed by atoms with Crippen molar-refractivity contribution in [1.29, 1.82) is 0 Å². The quantitative estimate of drug-likeness (QED) is 0.512. The van der Waals surface area contributed by atoms with E-state index in [-0.39, 0.29) is 37.3 Å². The third-order valence-corrected chi connectivity index (χ3v) is 3.79. The maximum Gasteiger partial charge on any atom is 0.403 e. The fraction of sp³-hybridized carbons (Fsp3) is 0.500. The van der Waals surface area contributed by atoms with Gasteiger partial charge in [0.25, 0.3) is 5.69 Å². The second-order valence-electron chi connectivity index (χ2n) is 5.27. The number of ether oxygens (including phenoxy) is 1. The fourth-order valence-electron chi connectivity index (χ4n) is 2.58. The number of nitrogens with one attached hydrogen (secondary N) is 1. The monoisotopic (exact) mass is 347 g/mol. The van der Waals surface area contributed by atoms with E-state index in [1.54, 1.807) is 4.90 Å². The molecule has 1 N–H and O–H groups in total. The number of nitro benzene ring substituents is 1. The maximum absolute atomic E-state index is 12.8. The molecule has 0 aromatic heterocycles. The molecule has 0 spiro atoms. The first-order valence-electron chi connectivity index (χ1n) is 7.16. The van der Waals surface area contributed by atoms with Gasteiger partial charge in [-0.25, -0.2) is 4.79 Å².